The maximum Gasteiger partial charge on any atom is 0.277 e. The number of carbonyl (C=O) groups excluding carboxylic acids is 1. The molecule has 0 saturated carbocycles. The van der Waals surface area contributed by atoms with Gasteiger partial charge in [0, 0.05) is 67.0 Å². The number of hydrogen-bond donors (Lipinski definition) is 3. The average molecular weight is 433 g/mol. The molecule has 1 aromatic carbocycles. The molecule has 3 N–H and O–H groups in total. The topological polar surface area (TPSA) is 112 Å². The van der Waals surface area contributed by atoms with Crippen molar-refractivity contribution in [3.05, 3.63) is 53.5 Å². The first-order valence-corrected chi connectivity index (χ1v) is 10.8. The van der Waals surface area contributed by atoms with E-state index in [0.717, 1.165) is 51.1 Å². The number of nitriles is 1. The molecule has 0 radical (unpaired) electrons. The molecule has 1 spiro atoms. The SMILES string of the molecule is Cn1cc(C[NH+]2CCC3(CCN(c4ncc(C(=O)NO)cn4)C3)C2)c2cc(C#N)ccc21. The van der Waals surface area contributed by atoms with Crippen molar-refractivity contribution >= 4 is 22.8 Å². The molecule has 2 atom stereocenters. The number of rotatable bonds is 4. The van der Waals surface area contributed by atoms with Crippen LogP contribution in [0.25, 0.3) is 10.9 Å². The van der Waals surface area contributed by atoms with Crippen LogP contribution in [0.15, 0.2) is 36.8 Å². The highest BCUT2D eigenvalue weighted by Gasteiger charge is 2.47. The molecule has 2 aliphatic heterocycles. The zero-order valence-electron chi connectivity index (χ0n) is 18.0. The summed E-state index contributed by atoms with van der Waals surface area (Å²) in [4.78, 5) is 23.9. The highest BCUT2D eigenvalue weighted by atomic mass is 16.5. The third kappa shape index (κ3) is 3.57. The number of nitrogens with zero attached hydrogens (tertiary/aromatic N) is 5. The van der Waals surface area contributed by atoms with Crippen LogP contribution in [0.3, 0.4) is 0 Å². The van der Waals surface area contributed by atoms with Gasteiger partial charge in [-0.3, -0.25) is 10.0 Å². The van der Waals surface area contributed by atoms with E-state index in [1.807, 2.05) is 18.2 Å². The zero-order chi connectivity index (χ0) is 22.3. The first-order chi connectivity index (χ1) is 15.5. The second-order valence-electron chi connectivity index (χ2n) is 9.10. The van der Waals surface area contributed by atoms with Crippen LogP contribution in [0.1, 0.15) is 34.3 Å². The standard InChI is InChI=1S/C23H25N7O2/c1-28-12-18(19-8-16(9-24)2-3-20(19)28)13-29-6-4-23(14-29)5-7-30(15-23)22-25-10-17(11-26-22)21(31)27-32/h2-3,8,10-12,32H,4-7,13-15H2,1H3,(H,27,31)/p+1. The maximum absolute atomic E-state index is 11.5. The normalized spacial score (nSPS) is 22.5. The fourth-order valence-corrected chi connectivity index (χ4v) is 5.37. The van der Waals surface area contributed by atoms with E-state index < -0.39 is 5.91 Å². The van der Waals surface area contributed by atoms with Crippen LogP contribution >= 0.6 is 0 Å². The highest BCUT2D eigenvalue weighted by molar-refractivity contribution is 5.92. The van der Waals surface area contributed by atoms with Gasteiger partial charge >= 0.3 is 0 Å². The largest absolute Gasteiger partial charge is 0.350 e. The molecule has 2 saturated heterocycles. The lowest BCUT2D eigenvalue weighted by Crippen LogP contribution is -3.09. The van der Waals surface area contributed by atoms with E-state index in [-0.39, 0.29) is 11.0 Å². The molecule has 2 unspecified atom stereocenters. The van der Waals surface area contributed by atoms with Gasteiger partial charge in [-0.15, -0.1) is 0 Å². The number of fused-ring (bicyclic) bond motifs is 1. The van der Waals surface area contributed by atoms with Crippen molar-refractivity contribution in [3.63, 3.8) is 0 Å². The first-order valence-electron chi connectivity index (χ1n) is 10.8. The second-order valence-corrected chi connectivity index (χ2v) is 9.10. The summed E-state index contributed by atoms with van der Waals surface area (Å²) in [7, 11) is 2.06. The Labute approximate surface area is 185 Å². The van der Waals surface area contributed by atoms with Gasteiger partial charge in [0.1, 0.15) is 6.54 Å². The van der Waals surface area contributed by atoms with Crippen molar-refractivity contribution in [2.75, 3.05) is 31.1 Å². The molecule has 2 fully saturated rings. The number of likely N-dealkylation sites (tertiary alicyclic amines) is 1. The number of aromatic nitrogens is 3. The summed E-state index contributed by atoms with van der Waals surface area (Å²) in [6, 6.07) is 8.17. The molecule has 9 nitrogen and oxygen atoms in total. The minimum absolute atomic E-state index is 0.233. The van der Waals surface area contributed by atoms with Crippen LogP contribution in [-0.4, -0.2) is 51.8 Å². The average Bonchev–Trinajstić information content (AvgIpc) is 3.51. The minimum atomic E-state index is -0.611. The Kier molecular flexibility index (Phi) is 5.04. The highest BCUT2D eigenvalue weighted by Crippen LogP contribution is 2.36. The predicted octanol–water partition coefficient (Wildman–Crippen LogP) is 0.644. The molecule has 3 aromatic rings. The number of anilines is 1. The van der Waals surface area contributed by atoms with Crippen molar-refractivity contribution in [1.29, 1.82) is 5.26 Å². The number of quaternary nitrogens is 1. The lowest BCUT2D eigenvalue weighted by Gasteiger charge is -2.22. The van der Waals surface area contributed by atoms with Gasteiger partial charge in [0.15, 0.2) is 0 Å². The molecular formula is C23H26N7O2+. The fourth-order valence-electron chi connectivity index (χ4n) is 5.37. The Morgan fingerprint density at radius 3 is 2.91 bits per heavy atom. The van der Waals surface area contributed by atoms with Gasteiger partial charge in [-0.2, -0.15) is 5.26 Å². The van der Waals surface area contributed by atoms with Gasteiger partial charge in [0.05, 0.1) is 30.3 Å². The monoisotopic (exact) mass is 432 g/mol. The Morgan fingerprint density at radius 2 is 2.16 bits per heavy atom. The molecule has 4 heterocycles. The van der Waals surface area contributed by atoms with Crippen LogP contribution in [0.5, 0.6) is 0 Å². The van der Waals surface area contributed by atoms with E-state index in [0.29, 0.717) is 11.5 Å². The third-order valence-electron chi connectivity index (χ3n) is 7.00. The number of nitrogens with one attached hydrogen (secondary N) is 2. The molecular weight excluding hydrogens is 406 g/mol. The van der Waals surface area contributed by atoms with Gasteiger partial charge in [0.25, 0.3) is 5.91 Å². The Balaban J connectivity index is 1.27. The van der Waals surface area contributed by atoms with Crippen LogP contribution in [0.4, 0.5) is 5.95 Å². The van der Waals surface area contributed by atoms with Gasteiger partial charge in [-0.05, 0) is 24.6 Å². The number of aryl methyl sites for hydroxylation is 1. The fraction of sp³-hybridized carbons (Fsp3) is 0.391. The van der Waals surface area contributed by atoms with Crippen LogP contribution in [0.2, 0.25) is 0 Å². The maximum atomic E-state index is 11.5. The first kappa shape index (κ1) is 20.4. The summed E-state index contributed by atoms with van der Waals surface area (Å²) < 4.78 is 2.15. The van der Waals surface area contributed by atoms with Gasteiger partial charge in [-0.25, -0.2) is 15.4 Å². The molecule has 9 heteroatoms. The van der Waals surface area contributed by atoms with Gasteiger partial charge in [-0.1, -0.05) is 0 Å². The van der Waals surface area contributed by atoms with E-state index in [2.05, 4.69) is 38.7 Å². The van der Waals surface area contributed by atoms with Crippen molar-refractivity contribution in [1.82, 2.24) is 20.0 Å². The van der Waals surface area contributed by atoms with Gasteiger partial charge < -0.3 is 14.4 Å². The van der Waals surface area contributed by atoms with Crippen LogP contribution in [-0.2, 0) is 13.6 Å². The van der Waals surface area contributed by atoms with Crippen LogP contribution in [0, 0.1) is 16.7 Å². The van der Waals surface area contributed by atoms with Crippen molar-refractivity contribution in [2.45, 2.75) is 19.4 Å². The molecule has 2 aliphatic rings. The summed E-state index contributed by atoms with van der Waals surface area (Å²) >= 11 is 0. The number of carbonyl (C=O) groups is 1. The third-order valence-corrected chi connectivity index (χ3v) is 7.00. The Bertz CT molecular complexity index is 1210. The van der Waals surface area contributed by atoms with E-state index in [1.165, 1.54) is 23.3 Å². The number of benzene rings is 1. The van der Waals surface area contributed by atoms with E-state index >= 15 is 0 Å². The van der Waals surface area contributed by atoms with E-state index in [9.17, 15) is 10.1 Å². The van der Waals surface area contributed by atoms with Crippen molar-refractivity contribution in [3.8, 4) is 6.07 Å². The number of amides is 1. The summed E-state index contributed by atoms with van der Waals surface area (Å²) in [5.74, 6) is 0.0164. The Hall–Kier alpha value is -3.48. The second kappa shape index (κ2) is 7.89. The molecule has 164 valence electrons. The molecule has 32 heavy (non-hydrogen) atoms. The van der Waals surface area contributed by atoms with Crippen LogP contribution < -0.4 is 15.3 Å². The number of hydroxylamine groups is 1. The molecule has 1 amide bonds. The molecule has 2 aromatic heterocycles. The molecule has 0 bridgehead atoms. The minimum Gasteiger partial charge on any atom is -0.350 e. The van der Waals surface area contributed by atoms with Crippen molar-refractivity contribution in [2.24, 2.45) is 12.5 Å². The van der Waals surface area contributed by atoms with Crippen molar-refractivity contribution < 1.29 is 14.9 Å². The molecule has 0 aliphatic carbocycles. The zero-order valence-corrected chi connectivity index (χ0v) is 18.0. The van der Waals surface area contributed by atoms with E-state index in [4.69, 9.17) is 5.21 Å². The quantitative estimate of drug-likeness (QED) is 0.412. The lowest BCUT2D eigenvalue weighted by molar-refractivity contribution is -0.904. The number of hydrogen-bond acceptors (Lipinski definition) is 6. The van der Waals surface area contributed by atoms with E-state index in [1.54, 1.807) is 10.4 Å². The Morgan fingerprint density at radius 1 is 1.34 bits per heavy atom. The summed E-state index contributed by atoms with van der Waals surface area (Å²) in [5, 5.41) is 19.2. The summed E-state index contributed by atoms with van der Waals surface area (Å²) in [6.07, 6.45) is 7.36. The summed E-state index contributed by atoms with van der Waals surface area (Å²) in [5.41, 5.74) is 5.24. The predicted molar refractivity (Wildman–Crippen MR) is 117 cm³/mol. The van der Waals surface area contributed by atoms with Gasteiger partial charge in [0.2, 0.25) is 5.95 Å². The summed E-state index contributed by atoms with van der Waals surface area (Å²) in [6.45, 7) is 4.99. The smallest absolute Gasteiger partial charge is 0.277 e. The lowest BCUT2D eigenvalue weighted by atomic mass is 9.86. The molecule has 5 rings (SSSR count).